The molecule has 1 aliphatic heterocycles. The molecule has 2 rings (SSSR count). The molecule has 3 N–H and O–H groups in total. The summed E-state index contributed by atoms with van der Waals surface area (Å²) < 4.78 is 42.8. The normalized spacial score (nSPS) is 17.9. The first-order valence-corrected chi connectivity index (χ1v) is 9.83. The molecule has 1 aliphatic rings. The highest BCUT2D eigenvalue weighted by Crippen LogP contribution is 2.26. The predicted molar refractivity (Wildman–Crippen MR) is 121 cm³/mol. The minimum atomic E-state index is -4.18. The number of nitrogens with zero attached hydrogens (tertiary/aromatic N) is 1. The molecule has 1 saturated heterocycles. The van der Waals surface area contributed by atoms with E-state index in [0.717, 1.165) is 12.8 Å². The third kappa shape index (κ3) is 9.52. The third-order valence-corrected chi connectivity index (χ3v) is 4.86. The zero-order chi connectivity index (χ0) is 20.5. The van der Waals surface area contributed by atoms with Crippen molar-refractivity contribution in [2.75, 3.05) is 32.8 Å². The molecule has 0 aromatic heterocycles. The highest BCUT2D eigenvalue weighted by molar-refractivity contribution is 14.0. The Morgan fingerprint density at radius 3 is 2.41 bits per heavy atom. The van der Waals surface area contributed by atoms with Crippen molar-refractivity contribution in [3.05, 3.63) is 35.9 Å². The van der Waals surface area contributed by atoms with E-state index in [1.165, 1.54) is 5.56 Å². The summed E-state index contributed by atoms with van der Waals surface area (Å²) >= 11 is 0. The molecule has 0 saturated carbocycles. The third-order valence-electron chi connectivity index (χ3n) is 4.86. The molecule has 0 bridgehead atoms. The molecule has 29 heavy (non-hydrogen) atoms. The quantitative estimate of drug-likeness (QED) is 0.271. The fourth-order valence-electron chi connectivity index (χ4n) is 3.29. The lowest BCUT2D eigenvalue weighted by atomic mass is 9.88. The number of guanidine groups is 1. The van der Waals surface area contributed by atoms with E-state index in [9.17, 15) is 13.2 Å². The molecule has 1 aromatic carbocycles. The second kappa shape index (κ2) is 12.6. The predicted octanol–water partition coefficient (Wildman–Crippen LogP) is 4.01. The van der Waals surface area contributed by atoms with Gasteiger partial charge in [0.05, 0.1) is 13.0 Å². The monoisotopic (exact) mass is 528 g/mol. The van der Waals surface area contributed by atoms with Gasteiger partial charge < -0.3 is 20.7 Å². The number of benzene rings is 1. The molecule has 0 radical (unpaired) electrons. The fraction of sp³-hybridized carbons (Fsp3) is 0.650. The summed E-state index contributed by atoms with van der Waals surface area (Å²) in [5.74, 6) is 0.409. The lowest BCUT2D eigenvalue weighted by molar-refractivity contribution is -0.132. The molecular formula is C20H32F3IN4O. The zero-order valence-corrected chi connectivity index (χ0v) is 19.3. The highest BCUT2D eigenvalue weighted by Gasteiger charge is 2.34. The van der Waals surface area contributed by atoms with Gasteiger partial charge in [0.1, 0.15) is 0 Å². The van der Waals surface area contributed by atoms with Crippen molar-refractivity contribution >= 4 is 29.9 Å². The average Bonchev–Trinajstić information content (AvgIpc) is 2.66. The van der Waals surface area contributed by atoms with E-state index in [2.05, 4.69) is 40.0 Å². The molecule has 1 heterocycles. The van der Waals surface area contributed by atoms with Crippen molar-refractivity contribution in [1.29, 1.82) is 0 Å². The van der Waals surface area contributed by atoms with Crippen molar-refractivity contribution in [3.63, 3.8) is 0 Å². The maximum absolute atomic E-state index is 12.4. The molecule has 0 aliphatic carbocycles. The van der Waals surface area contributed by atoms with Gasteiger partial charge in [0, 0.05) is 37.9 Å². The Morgan fingerprint density at radius 1 is 1.17 bits per heavy atom. The van der Waals surface area contributed by atoms with Gasteiger partial charge in [-0.1, -0.05) is 30.3 Å². The van der Waals surface area contributed by atoms with Crippen LogP contribution >= 0.6 is 24.0 Å². The number of rotatable bonds is 8. The first-order chi connectivity index (χ1) is 13.3. The minimum Gasteiger partial charge on any atom is -0.381 e. The topological polar surface area (TPSA) is 57.7 Å². The average molecular weight is 528 g/mol. The standard InChI is InChI=1S/C20H31F3N4O.HI/c1-3-24-18(25-12-9-20(21,22)23)26-15-19(10-13-28-14-11-19)27-16(2)17-7-5-4-6-8-17;/h4-8,16,27H,3,9-15H2,1-2H3,(H2,24,25,26);1H. The molecule has 0 spiro atoms. The largest absolute Gasteiger partial charge is 0.390 e. The Kier molecular flexibility index (Phi) is 11.3. The molecule has 5 nitrogen and oxygen atoms in total. The van der Waals surface area contributed by atoms with Gasteiger partial charge in [-0.3, -0.25) is 4.99 Å². The molecule has 0 amide bonds. The second-order valence-corrected chi connectivity index (χ2v) is 7.16. The number of nitrogens with one attached hydrogen (secondary N) is 3. The van der Waals surface area contributed by atoms with Crippen LogP contribution < -0.4 is 16.0 Å². The lowest BCUT2D eigenvalue weighted by Gasteiger charge is -2.39. The number of ether oxygens (including phenoxy) is 1. The summed E-state index contributed by atoms with van der Waals surface area (Å²) in [6.45, 7) is 6.14. The Bertz CT molecular complexity index is 607. The van der Waals surface area contributed by atoms with E-state index < -0.39 is 12.6 Å². The van der Waals surface area contributed by atoms with Crippen LogP contribution in [0.25, 0.3) is 0 Å². The van der Waals surface area contributed by atoms with Gasteiger partial charge in [0.15, 0.2) is 5.96 Å². The van der Waals surface area contributed by atoms with Gasteiger partial charge in [-0.25, -0.2) is 0 Å². The van der Waals surface area contributed by atoms with Crippen molar-refractivity contribution in [2.24, 2.45) is 4.99 Å². The van der Waals surface area contributed by atoms with Crippen LogP contribution in [0.4, 0.5) is 13.2 Å². The van der Waals surface area contributed by atoms with Gasteiger partial charge in [0.25, 0.3) is 0 Å². The van der Waals surface area contributed by atoms with E-state index in [4.69, 9.17) is 4.74 Å². The highest BCUT2D eigenvalue weighted by atomic mass is 127. The van der Waals surface area contributed by atoms with Gasteiger partial charge in [0.2, 0.25) is 0 Å². The zero-order valence-electron chi connectivity index (χ0n) is 17.0. The minimum absolute atomic E-state index is 0. The van der Waals surface area contributed by atoms with E-state index >= 15 is 0 Å². The van der Waals surface area contributed by atoms with Gasteiger partial charge >= 0.3 is 6.18 Å². The van der Waals surface area contributed by atoms with Crippen molar-refractivity contribution < 1.29 is 17.9 Å². The van der Waals surface area contributed by atoms with Crippen molar-refractivity contribution in [1.82, 2.24) is 16.0 Å². The second-order valence-electron chi connectivity index (χ2n) is 7.16. The van der Waals surface area contributed by atoms with Gasteiger partial charge in [-0.2, -0.15) is 13.2 Å². The summed E-state index contributed by atoms with van der Waals surface area (Å²) in [5, 5.41) is 9.51. The first kappa shape index (κ1) is 26.0. The molecule has 1 unspecified atom stereocenters. The number of hydrogen-bond donors (Lipinski definition) is 3. The van der Waals surface area contributed by atoms with Crippen LogP contribution in [0.3, 0.4) is 0 Å². The Balaban J connectivity index is 0.00000420. The Hall–Kier alpha value is -1.07. The van der Waals surface area contributed by atoms with Gasteiger partial charge in [-0.05, 0) is 32.3 Å². The molecule has 1 aromatic rings. The number of alkyl halides is 3. The van der Waals surface area contributed by atoms with E-state index in [1.54, 1.807) is 0 Å². The molecule has 1 fully saturated rings. The molecule has 9 heteroatoms. The van der Waals surface area contributed by atoms with Gasteiger partial charge in [-0.15, -0.1) is 24.0 Å². The Morgan fingerprint density at radius 2 is 1.83 bits per heavy atom. The first-order valence-electron chi connectivity index (χ1n) is 9.83. The van der Waals surface area contributed by atoms with Crippen molar-refractivity contribution in [3.8, 4) is 0 Å². The number of halogens is 4. The summed E-state index contributed by atoms with van der Waals surface area (Å²) in [6.07, 6.45) is -3.47. The van der Waals surface area contributed by atoms with Crippen LogP contribution in [0.2, 0.25) is 0 Å². The summed E-state index contributed by atoms with van der Waals surface area (Å²) in [5.41, 5.74) is 0.937. The maximum atomic E-state index is 12.4. The fourth-order valence-corrected chi connectivity index (χ4v) is 3.29. The number of hydrogen-bond acceptors (Lipinski definition) is 3. The molecule has 166 valence electrons. The maximum Gasteiger partial charge on any atom is 0.390 e. The van der Waals surface area contributed by atoms with Crippen LogP contribution in [0, 0.1) is 0 Å². The number of aliphatic imine (C=N–C) groups is 1. The van der Waals surface area contributed by atoms with Crippen LogP contribution in [-0.2, 0) is 4.74 Å². The Labute approximate surface area is 188 Å². The van der Waals surface area contributed by atoms with E-state index in [1.807, 2.05) is 25.1 Å². The van der Waals surface area contributed by atoms with Crippen LogP contribution in [0.1, 0.15) is 44.7 Å². The lowest BCUT2D eigenvalue weighted by Crippen LogP contribution is -2.53. The van der Waals surface area contributed by atoms with E-state index in [0.29, 0.717) is 32.3 Å². The SMILES string of the molecule is CCNC(=NCC1(NC(C)c2ccccc2)CCOCC1)NCCC(F)(F)F.I. The summed E-state index contributed by atoms with van der Waals surface area (Å²) in [6, 6.07) is 10.3. The van der Waals surface area contributed by atoms with E-state index in [-0.39, 0.29) is 42.1 Å². The smallest absolute Gasteiger partial charge is 0.381 e. The van der Waals surface area contributed by atoms with Crippen LogP contribution in [0.15, 0.2) is 35.3 Å². The van der Waals surface area contributed by atoms with Crippen LogP contribution in [0.5, 0.6) is 0 Å². The summed E-state index contributed by atoms with van der Waals surface area (Å²) in [7, 11) is 0. The van der Waals surface area contributed by atoms with Crippen molar-refractivity contribution in [2.45, 2.75) is 50.9 Å². The molecular weight excluding hydrogens is 496 g/mol. The molecule has 1 atom stereocenters. The van der Waals surface area contributed by atoms with Crippen LogP contribution in [-0.4, -0.2) is 50.5 Å². The summed E-state index contributed by atoms with van der Waals surface area (Å²) in [4.78, 5) is 4.58.